The lowest BCUT2D eigenvalue weighted by Crippen LogP contribution is -2.13. The molecular formula is C13H8Cl2N2O2S. The fraction of sp³-hybridized carbons (Fsp3) is 0. The molecule has 0 aliphatic carbocycles. The average Bonchev–Trinajstić information content (AvgIpc) is 2.37. The number of benzene rings is 2. The van der Waals surface area contributed by atoms with Crippen molar-refractivity contribution >= 4 is 38.9 Å². The van der Waals surface area contributed by atoms with E-state index in [0.717, 1.165) is 0 Å². The molecule has 0 unspecified atom stereocenters. The van der Waals surface area contributed by atoms with Crippen LogP contribution in [0.25, 0.3) is 0 Å². The number of sulfonamides is 1. The topological polar surface area (TPSA) is 70.0 Å². The van der Waals surface area contributed by atoms with Gasteiger partial charge in [0.15, 0.2) is 0 Å². The molecule has 0 saturated heterocycles. The highest BCUT2D eigenvalue weighted by atomic mass is 35.5. The Kier molecular flexibility index (Phi) is 4.19. The molecule has 0 atom stereocenters. The molecule has 0 bridgehead atoms. The first-order valence-electron chi connectivity index (χ1n) is 5.40. The molecule has 20 heavy (non-hydrogen) atoms. The lowest BCUT2D eigenvalue weighted by molar-refractivity contribution is 0.601. The summed E-state index contributed by atoms with van der Waals surface area (Å²) < 4.78 is 26.8. The van der Waals surface area contributed by atoms with Crippen molar-refractivity contribution in [1.29, 1.82) is 5.26 Å². The van der Waals surface area contributed by atoms with Gasteiger partial charge in [0, 0.05) is 5.02 Å². The molecule has 4 nitrogen and oxygen atoms in total. The van der Waals surface area contributed by atoms with Gasteiger partial charge in [-0.25, -0.2) is 8.42 Å². The van der Waals surface area contributed by atoms with Crippen LogP contribution in [0.15, 0.2) is 47.4 Å². The first kappa shape index (κ1) is 14.7. The zero-order chi connectivity index (χ0) is 14.8. The quantitative estimate of drug-likeness (QED) is 0.935. The van der Waals surface area contributed by atoms with Gasteiger partial charge in [-0.1, -0.05) is 29.3 Å². The summed E-state index contributed by atoms with van der Waals surface area (Å²) in [5, 5.41) is 9.17. The zero-order valence-electron chi connectivity index (χ0n) is 9.97. The molecule has 0 heterocycles. The Balaban J connectivity index is 2.38. The monoisotopic (exact) mass is 326 g/mol. The minimum atomic E-state index is -3.84. The number of rotatable bonds is 3. The molecule has 1 N–H and O–H groups in total. The van der Waals surface area contributed by atoms with E-state index in [9.17, 15) is 8.42 Å². The molecule has 0 aliphatic heterocycles. The van der Waals surface area contributed by atoms with E-state index < -0.39 is 10.0 Å². The third-order valence-corrected chi connectivity index (χ3v) is 4.53. The van der Waals surface area contributed by atoms with Gasteiger partial charge in [0.1, 0.15) is 4.90 Å². The lowest BCUT2D eigenvalue weighted by Gasteiger charge is -2.09. The molecule has 0 aliphatic rings. The zero-order valence-corrected chi connectivity index (χ0v) is 12.3. The van der Waals surface area contributed by atoms with Crippen LogP contribution in [0.3, 0.4) is 0 Å². The summed E-state index contributed by atoms with van der Waals surface area (Å²) in [6, 6.07) is 12.2. The van der Waals surface area contributed by atoms with Crippen LogP contribution in [-0.4, -0.2) is 8.42 Å². The molecule has 7 heteroatoms. The second-order valence-corrected chi connectivity index (χ2v) is 6.37. The summed E-state index contributed by atoms with van der Waals surface area (Å²) in [7, 11) is -3.84. The van der Waals surface area contributed by atoms with Crippen molar-refractivity contribution in [3.8, 4) is 6.07 Å². The minimum Gasteiger partial charge on any atom is -0.280 e. The van der Waals surface area contributed by atoms with Crippen molar-refractivity contribution in [1.82, 2.24) is 0 Å². The highest BCUT2D eigenvalue weighted by Gasteiger charge is 2.18. The summed E-state index contributed by atoms with van der Waals surface area (Å²) >= 11 is 11.6. The largest absolute Gasteiger partial charge is 0.280 e. The Hall–Kier alpha value is -1.74. The molecule has 0 fully saturated rings. The van der Waals surface area contributed by atoms with Crippen molar-refractivity contribution in [3.05, 3.63) is 58.1 Å². The van der Waals surface area contributed by atoms with Crippen LogP contribution < -0.4 is 4.72 Å². The first-order valence-corrected chi connectivity index (χ1v) is 7.64. The van der Waals surface area contributed by atoms with Crippen LogP contribution in [0.5, 0.6) is 0 Å². The maximum atomic E-state index is 12.2. The molecule has 2 aromatic rings. The highest BCUT2D eigenvalue weighted by molar-refractivity contribution is 7.92. The van der Waals surface area contributed by atoms with E-state index in [1.807, 2.05) is 6.07 Å². The van der Waals surface area contributed by atoms with Crippen molar-refractivity contribution in [2.45, 2.75) is 4.90 Å². The van der Waals surface area contributed by atoms with Crippen molar-refractivity contribution < 1.29 is 8.42 Å². The predicted octanol–water partition coefficient (Wildman–Crippen LogP) is 3.67. The Morgan fingerprint density at radius 2 is 1.85 bits per heavy atom. The van der Waals surface area contributed by atoms with Crippen LogP contribution in [0.2, 0.25) is 10.0 Å². The summed E-state index contributed by atoms with van der Waals surface area (Å²) in [5.74, 6) is 0. The number of hydrogen-bond donors (Lipinski definition) is 1. The van der Waals surface area contributed by atoms with Gasteiger partial charge in [-0.2, -0.15) is 5.26 Å². The van der Waals surface area contributed by atoms with Crippen LogP contribution in [0.4, 0.5) is 5.69 Å². The molecule has 0 saturated carbocycles. The second-order valence-electron chi connectivity index (χ2n) is 3.87. The van der Waals surface area contributed by atoms with Gasteiger partial charge in [0.2, 0.25) is 0 Å². The molecule has 0 amide bonds. The van der Waals surface area contributed by atoms with Gasteiger partial charge >= 0.3 is 0 Å². The molecule has 2 rings (SSSR count). The standard InChI is InChI=1S/C13H8Cl2N2O2S/c14-10-4-5-13(12(15)7-10)20(18,19)17-11-3-1-2-9(6-11)8-16/h1-7,17H. The predicted molar refractivity (Wildman–Crippen MR) is 78.4 cm³/mol. The van der Waals surface area contributed by atoms with Gasteiger partial charge in [0.05, 0.1) is 22.3 Å². The first-order chi connectivity index (χ1) is 9.42. The van der Waals surface area contributed by atoms with Gasteiger partial charge in [-0.3, -0.25) is 4.72 Å². The summed E-state index contributed by atoms with van der Waals surface area (Å²) in [4.78, 5) is -0.0778. The molecule has 0 spiro atoms. The maximum absolute atomic E-state index is 12.2. The smallest absolute Gasteiger partial charge is 0.263 e. The van der Waals surface area contributed by atoms with Gasteiger partial charge in [0.25, 0.3) is 10.0 Å². The Morgan fingerprint density at radius 1 is 1.10 bits per heavy atom. The van der Waals surface area contributed by atoms with E-state index in [-0.39, 0.29) is 15.6 Å². The van der Waals surface area contributed by atoms with Crippen LogP contribution in [0.1, 0.15) is 5.56 Å². The van der Waals surface area contributed by atoms with Crippen LogP contribution >= 0.6 is 23.2 Å². The molecular weight excluding hydrogens is 319 g/mol. The number of hydrogen-bond acceptors (Lipinski definition) is 3. The normalized spacial score (nSPS) is 10.8. The minimum absolute atomic E-state index is 0.0291. The number of nitrogens with zero attached hydrogens (tertiary/aromatic N) is 1. The van der Waals surface area contributed by atoms with Crippen molar-refractivity contribution in [3.63, 3.8) is 0 Å². The van der Waals surface area contributed by atoms with E-state index in [4.69, 9.17) is 28.5 Å². The third-order valence-electron chi connectivity index (χ3n) is 2.43. The lowest BCUT2D eigenvalue weighted by atomic mass is 10.2. The summed E-state index contributed by atoms with van der Waals surface area (Å²) in [6.45, 7) is 0. The van der Waals surface area contributed by atoms with E-state index in [2.05, 4.69) is 4.72 Å². The van der Waals surface area contributed by atoms with E-state index in [1.165, 1.54) is 24.3 Å². The van der Waals surface area contributed by atoms with Gasteiger partial charge in [-0.15, -0.1) is 0 Å². The molecule has 102 valence electrons. The van der Waals surface area contributed by atoms with Crippen molar-refractivity contribution in [2.24, 2.45) is 0 Å². The second kappa shape index (κ2) is 5.71. The number of nitriles is 1. The summed E-state index contributed by atoms with van der Waals surface area (Å²) in [5.41, 5.74) is 0.641. The average molecular weight is 327 g/mol. The van der Waals surface area contributed by atoms with Crippen LogP contribution in [-0.2, 0) is 10.0 Å². The highest BCUT2D eigenvalue weighted by Crippen LogP contribution is 2.26. The SMILES string of the molecule is N#Cc1cccc(NS(=O)(=O)c2ccc(Cl)cc2Cl)c1. The Bertz CT molecular complexity index is 798. The van der Waals surface area contributed by atoms with Crippen LogP contribution in [0, 0.1) is 11.3 Å². The molecule has 0 radical (unpaired) electrons. The fourth-order valence-electron chi connectivity index (χ4n) is 1.56. The van der Waals surface area contributed by atoms with E-state index in [1.54, 1.807) is 18.2 Å². The van der Waals surface area contributed by atoms with Gasteiger partial charge in [-0.05, 0) is 36.4 Å². The third kappa shape index (κ3) is 3.23. The van der Waals surface area contributed by atoms with E-state index >= 15 is 0 Å². The van der Waals surface area contributed by atoms with E-state index in [0.29, 0.717) is 10.6 Å². The molecule has 0 aromatic heterocycles. The fourth-order valence-corrected chi connectivity index (χ4v) is 3.38. The van der Waals surface area contributed by atoms with Gasteiger partial charge < -0.3 is 0 Å². The van der Waals surface area contributed by atoms with Crippen molar-refractivity contribution in [2.75, 3.05) is 4.72 Å². The number of nitrogens with one attached hydrogen (secondary N) is 1. The summed E-state index contributed by atoms with van der Waals surface area (Å²) in [6.07, 6.45) is 0. The Morgan fingerprint density at radius 3 is 2.50 bits per heavy atom. The number of anilines is 1. The Labute approximate surface area is 126 Å². The maximum Gasteiger partial charge on any atom is 0.263 e. The molecule has 2 aromatic carbocycles. The number of halogens is 2.